The van der Waals surface area contributed by atoms with Gasteiger partial charge in [0.1, 0.15) is 0 Å². The Kier molecular flexibility index (Phi) is 2.19. The molecule has 0 spiro atoms. The lowest BCUT2D eigenvalue weighted by Crippen LogP contribution is -2.49. The fraction of sp³-hybridized carbons (Fsp3) is 0.417. The fourth-order valence-corrected chi connectivity index (χ4v) is 2.98. The molecule has 2 heterocycles. The summed E-state index contributed by atoms with van der Waals surface area (Å²) in [5.41, 5.74) is 0.856. The smallest absolute Gasteiger partial charge is 0.244 e. The van der Waals surface area contributed by atoms with Gasteiger partial charge in [-0.15, -0.1) is 0 Å². The molecule has 2 aliphatic rings. The van der Waals surface area contributed by atoms with Gasteiger partial charge >= 0.3 is 0 Å². The van der Waals surface area contributed by atoms with E-state index >= 15 is 0 Å². The summed E-state index contributed by atoms with van der Waals surface area (Å²) in [7, 11) is 2.01. The first kappa shape index (κ1) is 10.1. The SMILES string of the molecule is CN1CC2CC1C(=O)N2c1ccccc1Cl. The Labute approximate surface area is 99.6 Å². The van der Waals surface area contributed by atoms with Crippen molar-refractivity contribution >= 4 is 23.2 Å². The molecule has 1 amide bonds. The van der Waals surface area contributed by atoms with Gasteiger partial charge in [-0.05, 0) is 25.6 Å². The molecular formula is C12H13ClN2O. The van der Waals surface area contributed by atoms with Crippen molar-refractivity contribution in [3.8, 4) is 0 Å². The average Bonchev–Trinajstić information content (AvgIpc) is 2.76. The second-order valence-electron chi connectivity index (χ2n) is 4.50. The second-order valence-corrected chi connectivity index (χ2v) is 4.91. The Hall–Kier alpha value is -1.06. The Morgan fingerprint density at radius 3 is 2.75 bits per heavy atom. The Bertz CT molecular complexity index is 448. The molecule has 2 aliphatic heterocycles. The van der Waals surface area contributed by atoms with Crippen LogP contribution in [0.1, 0.15) is 6.42 Å². The van der Waals surface area contributed by atoms with Crippen LogP contribution in [0, 0.1) is 0 Å². The molecule has 2 saturated heterocycles. The molecule has 3 rings (SSSR count). The maximum atomic E-state index is 12.2. The summed E-state index contributed by atoms with van der Waals surface area (Å²) >= 11 is 6.14. The Morgan fingerprint density at radius 2 is 2.12 bits per heavy atom. The lowest BCUT2D eigenvalue weighted by molar-refractivity contribution is -0.122. The predicted molar refractivity (Wildman–Crippen MR) is 63.8 cm³/mol. The minimum absolute atomic E-state index is 0.0567. The van der Waals surface area contributed by atoms with Crippen LogP contribution in [-0.2, 0) is 4.79 Å². The van der Waals surface area contributed by atoms with E-state index in [1.807, 2.05) is 36.2 Å². The van der Waals surface area contributed by atoms with E-state index in [1.54, 1.807) is 0 Å². The highest BCUT2D eigenvalue weighted by Gasteiger charge is 2.48. The summed E-state index contributed by atoms with van der Waals surface area (Å²) in [6, 6.07) is 7.91. The summed E-state index contributed by atoms with van der Waals surface area (Å²) in [6.45, 7) is 0.946. The molecule has 1 aromatic carbocycles. The predicted octanol–water partition coefficient (Wildman–Crippen LogP) is 1.76. The fourth-order valence-electron chi connectivity index (χ4n) is 2.75. The van der Waals surface area contributed by atoms with Gasteiger partial charge in [-0.2, -0.15) is 0 Å². The van der Waals surface area contributed by atoms with Crippen molar-refractivity contribution in [1.29, 1.82) is 0 Å². The molecule has 2 atom stereocenters. The van der Waals surface area contributed by atoms with Crippen LogP contribution in [0.15, 0.2) is 24.3 Å². The molecular weight excluding hydrogens is 224 g/mol. The normalized spacial score (nSPS) is 29.1. The first-order valence-electron chi connectivity index (χ1n) is 5.46. The first-order valence-corrected chi connectivity index (χ1v) is 5.84. The standard InChI is InChI=1S/C12H13ClN2O/c1-14-7-8-6-11(14)12(16)15(8)10-5-3-2-4-9(10)13/h2-5,8,11H,6-7H2,1H3. The summed E-state index contributed by atoms with van der Waals surface area (Å²) in [4.78, 5) is 16.1. The maximum absolute atomic E-state index is 12.2. The second kappa shape index (κ2) is 3.47. The number of para-hydroxylation sites is 1. The van der Waals surface area contributed by atoms with Crippen LogP contribution in [0.4, 0.5) is 5.69 Å². The topological polar surface area (TPSA) is 23.6 Å². The summed E-state index contributed by atoms with van der Waals surface area (Å²) in [5, 5.41) is 0.658. The van der Waals surface area contributed by atoms with Crippen LogP contribution in [-0.4, -0.2) is 36.5 Å². The minimum atomic E-state index is 0.0567. The molecule has 2 bridgehead atoms. The molecule has 0 aromatic heterocycles. The van der Waals surface area contributed by atoms with Crippen LogP contribution in [0.3, 0.4) is 0 Å². The highest BCUT2D eigenvalue weighted by atomic mass is 35.5. The van der Waals surface area contributed by atoms with Gasteiger partial charge in [0.05, 0.1) is 22.8 Å². The lowest BCUT2D eigenvalue weighted by Gasteiger charge is -2.32. The van der Waals surface area contributed by atoms with Gasteiger partial charge in [0.15, 0.2) is 0 Å². The van der Waals surface area contributed by atoms with Gasteiger partial charge in [-0.3, -0.25) is 9.69 Å². The van der Waals surface area contributed by atoms with E-state index < -0.39 is 0 Å². The molecule has 0 aliphatic carbocycles. The Balaban J connectivity index is 1.99. The zero-order chi connectivity index (χ0) is 11.3. The van der Waals surface area contributed by atoms with E-state index in [0.29, 0.717) is 11.1 Å². The number of carbonyl (C=O) groups excluding carboxylic acids is 1. The van der Waals surface area contributed by atoms with Crippen molar-refractivity contribution in [3.63, 3.8) is 0 Å². The molecule has 0 N–H and O–H groups in total. The molecule has 3 nitrogen and oxygen atoms in total. The zero-order valence-electron chi connectivity index (χ0n) is 9.06. The molecule has 0 radical (unpaired) electrons. The molecule has 84 valence electrons. The molecule has 4 heteroatoms. The first-order chi connectivity index (χ1) is 7.68. The maximum Gasteiger partial charge on any atom is 0.244 e. The number of likely N-dealkylation sites (tertiary alicyclic amines) is 1. The third-order valence-corrected chi connectivity index (χ3v) is 3.85. The molecule has 1 aromatic rings. The summed E-state index contributed by atoms with van der Waals surface area (Å²) in [5.74, 6) is 0.187. The van der Waals surface area contributed by atoms with E-state index in [1.165, 1.54) is 0 Å². The Morgan fingerprint density at radius 1 is 1.38 bits per heavy atom. The van der Waals surface area contributed by atoms with Crippen LogP contribution in [0.2, 0.25) is 5.02 Å². The van der Waals surface area contributed by atoms with Crippen molar-refractivity contribution in [1.82, 2.24) is 4.90 Å². The van der Waals surface area contributed by atoms with Crippen molar-refractivity contribution in [2.24, 2.45) is 0 Å². The van der Waals surface area contributed by atoms with Gasteiger partial charge < -0.3 is 4.90 Å². The third kappa shape index (κ3) is 1.28. The van der Waals surface area contributed by atoms with Gasteiger partial charge in [-0.25, -0.2) is 0 Å². The number of anilines is 1. The van der Waals surface area contributed by atoms with E-state index in [9.17, 15) is 4.79 Å². The number of fused-ring (bicyclic) bond motifs is 2. The van der Waals surface area contributed by atoms with Gasteiger partial charge in [0, 0.05) is 6.54 Å². The number of piperazine rings is 1. The van der Waals surface area contributed by atoms with Crippen LogP contribution < -0.4 is 4.90 Å². The lowest BCUT2D eigenvalue weighted by atomic mass is 10.2. The number of likely N-dealkylation sites (N-methyl/N-ethyl adjacent to an activating group) is 1. The van der Waals surface area contributed by atoms with Crippen molar-refractivity contribution in [2.45, 2.75) is 18.5 Å². The molecule has 2 fully saturated rings. The number of carbonyl (C=O) groups is 1. The van der Waals surface area contributed by atoms with Crippen LogP contribution in [0.5, 0.6) is 0 Å². The van der Waals surface area contributed by atoms with Crippen molar-refractivity contribution in [2.75, 3.05) is 18.5 Å². The third-order valence-electron chi connectivity index (χ3n) is 3.53. The minimum Gasteiger partial charge on any atom is -0.305 e. The molecule has 0 saturated carbocycles. The summed E-state index contributed by atoms with van der Waals surface area (Å²) < 4.78 is 0. The van der Waals surface area contributed by atoms with E-state index in [0.717, 1.165) is 18.7 Å². The monoisotopic (exact) mass is 236 g/mol. The zero-order valence-corrected chi connectivity index (χ0v) is 9.81. The number of hydrogen-bond acceptors (Lipinski definition) is 2. The van der Waals surface area contributed by atoms with Gasteiger partial charge in [0.25, 0.3) is 0 Å². The molecule has 16 heavy (non-hydrogen) atoms. The number of nitrogens with zero attached hydrogens (tertiary/aromatic N) is 2. The number of benzene rings is 1. The molecule has 2 unspecified atom stereocenters. The van der Waals surface area contributed by atoms with E-state index in [2.05, 4.69) is 4.90 Å². The number of hydrogen-bond donors (Lipinski definition) is 0. The quantitative estimate of drug-likeness (QED) is 0.742. The average molecular weight is 237 g/mol. The van der Waals surface area contributed by atoms with E-state index in [4.69, 9.17) is 11.6 Å². The van der Waals surface area contributed by atoms with Crippen LogP contribution in [0.25, 0.3) is 0 Å². The number of halogens is 1. The highest BCUT2D eigenvalue weighted by molar-refractivity contribution is 6.34. The largest absolute Gasteiger partial charge is 0.305 e. The highest BCUT2D eigenvalue weighted by Crippen LogP contribution is 2.37. The number of amides is 1. The van der Waals surface area contributed by atoms with Crippen molar-refractivity contribution < 1.29 is 4.79 Å². The van der Waals surface area contributed by atoms with Crippen molar-refractivity contribution in [3.05, 3.63) is 29.3 Å². The van der Waals surface area contributed by atoms with Gasteiger partial charge in [0.2, 0.25) is 5.91 Å². The van der Waals surface area contributed by atoms with Crippen LogP contribution >= 0.6 is 11.6 Å². The number of rotatable bonds is 1. The van der Waals surface area contributed by atoms with E-state index in [-0.39, 0.29) is 11.9 Å². The summed E-state index contributed by atoms with van der Waals surface area (Å²) in [6.07, 6.45) is 0.931. The van der Waals surface area contributed by atoms with Gasteiger partial charge in [-0.1, -0.05) is 23.7 Å².